The van der Waals surface area contributed by atoms with Gasteiger partial charge in [0.05, 0.1) is 45.2 Å². The van der Waals surface area contributed by atoms with E-state index in [1.165, 1.54) is 10.8 Å². The zero-order valence-electron chi connectivity index (χ0n) is 60.3. The lowest BCUT2D eigenvalue weighted by molar-refractivity contribution is 0.669. The summed E-state index contributed by atoms with van der Waals surface area (Å²) < 4.78 is 17.0. The zero-order chi connectivity index (χ0) is 74.0. The molecule has 0 saturated heterocycles. The van der Waals surface area contributed by atoms with Crippen LogP contribution in [-0.2, 0) is 0 Å². The molecular weight excluding hydrogens is 1370 g/mol. The molecular formula is C102H64N8O2. The van der Waals surface area contributed by atoms with E-state index in [4.69, 9.17) is 39.0 Å². The van der Waals surface area contributed by atoms with E-state index in [9.17, 15) is 0 Å². The molecule has 22 rings (SSSR count). The molecule has 0 unspecified atom stereocenters. The predicted molar refractivity (Wildman–Crippen MR) is 456 cm³/mol. The average molecular weight is 1430 g/mol. The van der Waals surface area contributed by atoms with Gasteiger partial charge in [0.25, 0.3) is 0 Å². The maximum atomic E-state index is 6.46. The van der Waals surface area contributed by atoms with Gasteiger partial charge in [-0.2, -0.15) is 10.2 Å². The normalized spacial score (nSPS) is 11.6. The van der Waals surface area contributed by atoms with E-state index in [1.54, 1.807) is 0 Å². The highest BCUT2D eigenvalue weighted by molar-refractivity contribution is 6.14. The molecule has 0 atom stereocenters. The maximum Gasteiger partial charge on any atom is 0.160 e. The van der Waals surface area contributed by atoms with Gasteiger partial charge in [0, 0.05) is 99.1 Å². The highest BCUT2D eigenvalue weighted by Crippen LogP contribution is 2.46. The molecule has 0 fully saturated rings. The van der Waals surface area contributed by atoms with Gasteiger partial charge in [-0.05, 0) is 70.4 Å². The van der Waals surface area contributed by atoms with Crippen LogP contribution in [0.15, 0.2) is 397 Å². The van der Waals surface area contributed by atoms with Gasteiger partial charge in [-0.15, -0.1) is 0 Å². The number of para-hydroxylation sites is 3. The number of furan rings is 2. The molecule has 0 amide bonds. The van der Waals surface area contributed by atoms with Crippen LogP contribution in [0.5, 0.6) is 0 Å². The summed E-state index contributed by atoms with van der Waals surface area (Å²) in [5, 5.41) is 19.8. The van der Waals surface area contributed by atoms with Gasteiger partial charge in [-0.25, -0.2) is 29.0 Å². The number of aromatic nitrogens is 8. The lowest BCUT2D eigenvalue weighted by atomic mass is 9.96. The Labute approximate surface area is 643 Å². The smallest absolute Gasteiger partial charge is 0.160 e. The van der Waals surface area contributed by atoms with Crippen molar-refractivity contribution in [2.24, 2.45) is 0 Å². The summed E-state index contributed by atoms with van der Waals surface area (Å²) in [6.07, 6.45) is 0. The molecule has 112 heavy (non-hydrogen) atoms. The van der Waals surface area contributed by atoms with Gasteiger partial charge in [0.15, 0.2) is 11.6 Å². The van der Waals surface area contributed by atoms with E-state index in [2.05, 4.69) is 312 Å². The molecule has 22 aromatic rings. The predicted octanol–water partition coefficient (Wildman–Crippen LogP) is 26.4. The van der Waals surface area contributed by atoms with Crippen LogP contribution < -0.4 is 0 Å². The van der Waals surface area contributed by atoms with Gasteiger partial charge in [-0.1, -0.05) is 340 Å². The van der Waals surface area contributed by atoms with Crippen molar-refractivity contribution in [3.63, 3.8) is 0 Å². The number of hydrogen-bond acceptors (Lipinski definition) is 8. The second kappa shape index (κ2) is 27.5. The second-order valence-electron chi connectivity index (χ2n) is 28.0. The summed E-state index contributed by atoms with van der Waals surface area (Å²) in [7, 11) is 0. The third kappa shape index (κ3) is 11.5. The Bertz CT molecular complexity index is 7320. The Morgan fingerprint density at radius 3 is 1.05 bits per heavy atom. The molecule has 0 radical (unpaired) electrons. The van der Waals surface area contributed by atoms with Crippen molar-refractivity contribution in [3.05, 3.63) is 388 Å². The standard InChI is InChI=1S/2C51H32N4O/c1-4-15-34(16-5-1)45-31-38-21-10-11-22-39(38)49-47(35-17-6-2-7-18-35)48(54-55(45)49)36-29-27-33(28-30-36)43-32-44(53-51(52-43)37-19-8-3-9-20-37)42-25-14-24-41-40-23-12-13-26-46(40)56-50(41)42;1-4-15-34(16-5-1)44-31-38-21-10-11-22-39(38)50-47(35-17-6-2-7-18-35)49(54-55(44)50)36-29-27-33(28-30-36)42-32-43(53-51(52-42)37-19-8-3-9-20-37)40-24-14-26-46-48(40)41-23-12-13-25-45(41)56-46/h2*1-32H. The molecule has 0 saturated carbocycles. The fourth-order valence-corrected chi connectivity index (χ4v) is 16.0. The van der Waals surface area contributed by atoms with Gasteiger partial charge in [0.2, 0.25) is 0 Å². The maximum absolute atomic E-state index is 6.46. The van der Waals surface area contributed by atoms with Crippen molar-refractivity contribution in [3.8, 4) is 135 Å². The van der Waals surface area contributed by atoms with Gasteiger partial charge in [0.1, 0.15) is 33.7 Å². The lowest BCUT2D eigenvalue weighted by Gasteiger charge is -2.11. The summed E-state index contributed by atoms with van der Waals surface area (Å²) in [6.45, 7) is 0. The number of rotatable bonds is 12. The highest BCUT2D eigenvalue weighted by atomic mass is 16.3. The molecule has 0 aliphatic heterocycles. The first-order valence-electron chi connectivity index (χ1n) is 37.6. The third-order valence-electron chi connectivity index (χ3n) is 21.3. The minimum atomic E-state index is 0.655. The quantitative estimate of drug-likeness (QED) is 0.119. The fourth-order valence-electron chi connectivity index (χ4n) is 16.0. The second-order valence-corrected chi connectivity index (χ2v) is 28.0. The van der Waals surface area contributed by atoms with E-state index >= 15 is 0 Å². The van der Waals surface area contributed by atoms with Crippen LogP contribution in [0.4, 0.5) is 0 Å². The van der Waals surface area contributed by atoms with E-state index in [0.717, 1.165) is 189 Å². The zero-order valence-corrected chi connectivity index (χ0v) is 60.3. The number of nitrogens with zero attached hydrogens (tertiary/aromatic N) is 8. The molecule has 0 aliphatic rings. The Kier molecular flexibility index (Phi) is 16.0. The van der Waals surface area contributed by atoms with Crippen LogP contribution in [0.2, 0.25) is 0 Å². The van der Waals surface area contributed by atoms with Crippen LogP contribution in [0.1, 0.15) is 0 Å². The average Bonchev–Trinajstić information content (AvgIpc) is 1.56. The molecule has 0 bridgehead atoms. The third-order valence-corrected chi connectivity index (χ3v) is 21.3. The first-order valence-corrected chi connectivity index (χ1v) is 37.6. The minimum Gasteiger partial charge on any atom is -0.456 e. The summed E-state index contributed by atoms with van der Waals surface area (Å²) in [6, 6.07) is 134. The Morgan fingerprint density at radius 2 is 0.571 bits per heavy atom. The van der Waals surface area contributed by atoms with Crippen LogP contribution in [0.3, 0.4) is 0 Å². The van der Waals surface area contributed by atoms with Crippen molar-refractivity contribution in [1.82, 2.24) is 39.2 Å². The van der Waals surface area contributed by atoms with Crippen LogP contribution in [0.25, 0.3) is 212 Å². The Hall–Kier alpha value is -15.3. The van der Waals surface area contributed by atoms with Crippen molar-refractivity contribution < 1.29 is 8.83 Å². The molecule has 10 heteroatoms. The Morgan fingerprint density at radius 1 is 0.223 bits per heavy atom. The molecule has 14 aromatic carbocycles. The van der Waals surface area contributed by atoms with Crippen LogP contribution >= 0.6 is 0 Å². The number of hydrogen-bond donors (Lipinski definition) is 0. The Balaban J connectivity index is 0.000000141. The van der Waals surface area contributed by atoms with Gasteiger partial charge >= 0.3 is 0 Å². The van der Waals surface area contributed by atoms with E-state index < -0.39 is 0 Å². The first kappa shape index (κ1) is 65.1. The molecule has 8 aromatic heterocycles. The lowest BCUT2D eigenvalue weighted by Crippen LogP contribution is -1.96. The van der Waals surface area contributed by atoms with Gasteiger partial charge < -0.3 is 8.83 Å². The monoisotopic (exact) mass is 1430 g/mol. The molecule has 524 valence electrons. The van der Waals surface area contributed by atoms with Crippen molar-refractivity contribution in [2.75, 3.05) is 0 Å². The summed E-state index contributed by atoms with van der Waals surface area (Å²) in [5.74, 6) is 1.32. The summed E-state index contributed by atoms with van der Waals surface area (Å²) in [5.41, 5.74) is 27.2. The largest absolute Gasteiger partial charge is 0.456 e. The molecule has 0 N–H and O–H groups in total. The summed E-state index contributed by atoms with van der Waals surface area (Å²) >= 11 is 0. The molecule has 10 nitrogen and oxygen atoms in total. The number of fused-ring (bicyclic) bond motifs is 12. The van der Waals surface area contributed by atoms with E-state index in [-0.39, 0.29) is 0 Å². The highest BCUT2D eigenvalue weighted by Gasteiger charge is 2.26. The first-order chi connectivity index (χ1) is 55.5. The molecule has 0 spiro atoms. The van der Waals surface area contributed by atoms with Crippen molar-refractivity contribution >= 4 is 76.5 Å². The number of benzene rings is 14. The van der Waals surface area contributed by atoms with E-state index in [1.807, 2.05) is 84.9 Å². The van der Waals surface area contributed by atoms with Crippen molar-refractivity contribution in [2.45, 2.75) is 0 Å². The summed E-state index contributed by atoms with van der Waals surface area (Å²) in [4.78, 5) is 20.6. The SMILES string of the molecule is c1ccc(-c2nc(-c3ccc(-c4nn5c(-c6ccccc6)cc6ccccc6c5c4-c4ccccc4)cc3)cc(-c3cccc4c3oc3ccccc34)n2)cc1.c1ccc(-c2nc(-c3ccc(-c4nn5c(-c6ccccc6)cc6ccccc6c5c4-c4ccccc4)cc3)cc(-c3cccc4oc5ccccc5c34)n2)cc1. The van der Waals surface area contributed by atoms with Crippen LogP contribution in [-0.4, -0.2) is 39.2 Å². The van der Waals surface area contributed by atoms with E-state index in [0.29, 0.717) is 11.6 Å². The minimum absolute atomic E-state index is 0.655. The van der Waals surface area contributed by atoms with Crippen LogP contribution in [0, 0.1) is 0 Å². The fraction of sp³-hybridized carbons (Fsp3) is 0. The molecule has 0 aliphatic carbocycles. The molecule has 8 heterocycles. The van der Waals surface area contributed by atoms with Gasteiger partial charge in [-0.3, -0.25) is 0 Å². The van der Waals surface area contributed by atoms with Crippen molar-refractivity contribution in [1.29, 1.82) is 0 Å². The number of pyridine rings is 2. The topological polar surface area (TPSA) is 112 Å².